The fourth-order valence-electron chi connectivity index (χ4n) is 4.61. The van der Waals surface area contributed by atoms with Crippen molar-refractivity contribution in [3.05, 3.63) is 72.0 Å². The van der Waals surface area contributed by atoms with E-state index in [2.05, 4.69) is 15.1 Å². The Bertz CT molecular complexity index is 1260. The summed E-state index contributed by atoms with van der Waals surface area (Å²) in [4.78, 5) is 31.7. The van der Waals surface area contributed by atoms with E-state index in [1.807, 2.05) is 36.4 Å². The van der Waals surface area contributed by atoms with Gasteiger partial charge in [-0.25, -0.2) is 4.39 Å². The van der Waals surface area contributed by atoms with Gasteiger partial charge in [0.1, 0.15) is 18.1 Å². The lowest BCUT2D eigenvalue weighted by Gasteiger charge is -2.27. The molecule has 2 amide bonds. The molecule has 1 aliphatic carbocycles. The molecule has 5 rings (SSSR count). The molecule has 2 aromatic carbocycles. The number of methoxy groups -OCH3 is 1. The van der Waals surface area contributed by atoms with Gasteiger partial charge in [-0.1, -0.05) is 24.3 Å². The normalized spacial score (nSPS) is 15.7. The summed E-state index contributed by atoms with van der Waals surface area (Å²) in [6.45, 7) is 2.44. The predicted molar refractivity (Wildman–Crippen MR) is 138 cm³/mol. The molecule has 3 aromatic rings. The smallest absolute Gasteiger partial charge is 0.257 e. The Morgan fingerprint density at radius 2 is 1.84 bits per heavy atom. The van der Waals surface area contributed by atoms with Crippen molar-refractivity contribution >= 4 is 17.6 Å². The molecule has 9 heteroatoms. The number of carbonyl (C=O) groups excluding carboxylic acids is 2. The molecule has 0 bridgehead atoms. The van der Waals surface area contributed by atoms with Crippen LogP contribution in [0.2, 0.25) is 0 Å². The third-order valence-corrected chi connectivity index (χ3v) is 6.85. The van der Waals surface area contributed by atoms with Crippen LogP contribution in [-0.4, -0.2) is 77.7 Å². The van der Waals surface area contributed by atoms with Gasteiger partial charge >= 0.3 is 0 Å². The lowest BCUT2D eigenvalue weighted by atomic mass is 10.1. The third-order valence-electron chi connectivity index (χ3n) is 6.85. The van der Waals surface area contributed by atoms with Crippen molar-refractivity contribution in [1.29, 1.82) is 0 Å². The van der Waals surface area contributed by atoms with E-state index in [4.69, 9.17) is 4.74 Å². The molecule has 8 nitrogen and oxygen atoms in total. The van der Waals surface area contributed by atoms with Gasteiger partial charge in [-0.15, -0.1) is 10.2 Å². The average molecular weight is 504 g/mol. The van der Waals surface area contributed by atoms with Crippen molar-refractivity contribution < 1.29 is 18.7 Å². The first kappa shape index (κ1) is 24.7. The summed E-state index contributed by atoms with van der Waals surface area (Å²) >= 11 is 0. The fraction of sp³-hybridized carbons (Fsp3) is 0.357. The quantitative estimate of drug-likeness (QED) is 0.490. The van der Waals surface area contributed by atoms with Gasteiger partial charge < -0.3 is 19.4 Å². The van der Waals surface area contributed by atoms with Gasteiger partial charge in [0.15, 0.2) is 5.82 Å². The second-order valence-electron chi connectivity index (χ2n) is 9.37. The maximum Gasteiger partial charge on any atom is 0.257 e. The maximum absolute atomic E-state index is 14.2. The van der Waals surface area contributed by atoms with Crippen molar-refractivity contribution in [2.24, 2.45) is 0 Å². The molecular weight excluding hydrogens is 473 g/mol. The van der Waals surface area contributed by atoms with Crippen molar-refractivity contribution in [2.45, 2.75) is 25.3 Å². The van der Waals surface area contributed by atoms with E-state index in [-0.39, 0.29) is 24.1 Å². The van der Waals surface area contributed by atoms with Gasteiger partial charge in [0.05, 0.1) is 18.4 Å². The summed E-state index contributed by atoms with van der Waals surface area (Å²) in [7, 11) is 1.63. The van der Waals surface area contributed by atoms with Gasteiger partial charge in [0.2, 0.25) is 5.91 Å². The number of halogens is 1. The fourth-order valence-corrected chi connectivity index (χ4v) is 4.61. The van der Waals surface area contributed by atoms with Gasteiger partial charge in [-0.3, -0.25) is 9.59 Å². The Morgan fingerprint density at radius 1 is 1.00 bits per heavy atom. The van der Waals surface area contributed by atoms with E-state index in [1.165, 1.54) is 17.0 Å². The number of nitrogens with zero attached hydrogens (tertiary/aromatic N) is 5. The highest BCUT2D eigenvalue weighted by Gasteiger charge is 2.36. The van der Waals surface area contributed by atoms with Crippen molar-refractivity contribution in [1.82, 2.24) is 20.0 Å². The standard InChI is InChI=1S/C28H30FN5O3/c1-37-22-7-4-6-20(18-22)25-12-13-26(31-30-25)32-14-5-15-33(17-16-32)27(35)19-34(21-10-11-21)28(36)23-8-2-3-9-24(23)29/h2-4,6-9,12-13,18,21H,5,10-11,14-17,19H2,1H3. The number of benzene rings is 2. The lowest BCUT2D eigenvalue weighted by molar-refractivity contribution is -0.131. The molecule has 0 unspecified atom stereocenters. The average Bonchev–Trinajstić information content (AvgIpc) is 3.79. The van der Waals surface area contributed by atoms with Crippen LogP contribution in [0, 0.1) is 5.82 Å². The van der Waals surface area contributed by atoms with Crippen LogP contribution in [0.4, 0.5) is 10.2 Å². The van der Waals surface area contributed by atoms with Gasteiger partial charge in [0, 0.05) is 37.8 Å². The molecule has 0 atom stereocenters. The summed E-state index contributed by atoms with van der Waals surface area (Å²) in [6.07, 6.45) is 2.45. The van der Waals surface area contributed by atoms with Crippen LogP contribution in [-0.2, 0) is 4.79 Å². The van der Waals surface area contributed by atoms with E-state index in [9.17, 15) is 14.0 Å². The minimum atomic E-state index is -0.561. The van der Waals surface area contributed by atoms with Crippen LogP contribution in [0.15, 0.2) is 60.7 Å². The number of aromatic nitrogens is 2. The van der Waals surface area contributed by atoms with Crippen LogP contribution in [0.5, 0.6) is 5.75 Å². The van der Waals surface area contributed by atoms with Gasteiger partial charge in [0.25, 0.3) is 5.91 Å². The highest BCUT2D eigenvalue weighted by Crippen LogP contribution is 2.29. The zero-order valence-corrected chi connectivity index (χ0v) is 20.8. The maximum atomic E-state index is 14.2. The molecular formula is C28H30FN5O3. The Morgan fingerprint density at radius 3 is 2.57 bits per heavy atom. The predicted octanol–water partition coefficient (Wildman–Crippen LogP) is 3.63. The minimum Gasteiger partial charge on any atom is -0.497 e. The summed E-state index contributed by atoms with van der Waals surface area (Å²) in [6, 6.07) is 17.5. The summed E-state index contributed by atoms with van der Waals surface area (Å²) in [5.41, 5.74) is 1.70. The first-order valence-electron chi connectivity index (χ1n) is 12.6. The van der Waals surface area contributed by atoms with Crippen LogP contribution in [0.25, 0.3) is 11.3 Å². The second-order valence-corrected chi connectivity index (χ2v) is 9.37. The molecule has 2 aliphatic rings. The summed E-state index contributed by atoms with van der Waals surface area (Å²) < 4.78 is 19.5. The third kappa shape index (κ3) is 5.71. The number of hydrogen-bond donors (Lipinski definition) is 0. The Hall–Kier alpha value is -4.01. The molecule has 1 saturated heterocycles. The number of anilines is 1. The highest BCUT2D eigenvalue weighted by molar-refractivity contribution is 5.97. The Balaban J connectivity index is 1.21. The number of carbonyl (C=O) groups is 2. The van der Waals surface area contributed by atoms with E-state index in [0.717, 1.165) is 48.6 Å². The largest absolute Gasteiger partial charge is 0.497 e. The Kier molecular flexibility index (Phi) is 7.30. The van der Waals surface area contributed by atoms with Crippen molar-refractivity contribution in [3.63, 3.8) is 0 Å². The zero-order valence-electron chi connectivity index (χ0n) is 20.8. The van der Waals surface area contributed by atoms with E-state index >= 15 is 0 Å². The minimum absolute atomic E-state index is 0.00194. The number of amides is 2. The van der Waals surface area contributed by atoms with Crippen LogP contribution in [0.3, 0.4) is 0 Å². The van der Waals surface area contributed by atoms with E-state index < -0.39 is 11.7 Å². The van der Waals surface area contributed by atoms with Crippen molar-refractivity contribution in [2.75, 3.05) is 44.7 Å². The SMILES string of the molecule is COc1cccc(-c2ccc(N3CCCN(C(=O)CN(C(=O)c4ccccc4F)C4CC4)CC3)nn2)c1. The molecule has 37 heavy (non-hydrogen) atoms. The number of rotatable bonds is 7. The molecule has 0 radical (unpaired) electrons. The molecule has 2 heterocycles. The summed E-state index contributed by atoms with van der Waals surface area (Å²) in [5, 5.41) is 8.84. The monoisotopic (exact) mass is 503 g/mol. The van der Waals surface area contributed by atoms with E-state index in [0.29, 0.717) is 19.6 Å². The van der Waals surface area contributed by atoms with Crippen molar-refractivity contribution in [3.8, 4) is 17.0 Å². The topological polar surface area (TPSA) is 78.9 Å². The molecule has 0 N–H and O–H groups in total. The van der Waals surface area contributed by atoms with Gasteiger partial charge in [-0.05, 0) is 55.7 Å². The van der Waals surface area contributed by atoms with E-state index in [1.54, 1.807) is 24.1 Å². The number of ether oxygens (including phenoxy) is 1. The first-order valence-corrected chi connectivity index (χ1v) is 12.6. The summed E-state index contributed by atoms with van der Waals surface area (Å²) in [5.74, 6) is 0.427. The molecule has 1 aliphatic heterocycles. The first-order chi connectivity index (χ1) is 18.0. The number of hydrogen-bond acceptors (Lipinski definition) is 6. The second kappa shape index (κ2) is 10.9. The highest BCUT2D eigenvalue weighted by atomic mass is 19.1. The zero-order chi connectivity index (χ0) is 25.8. The Labute approximate surface area is 215 Å². The van der Waals surface area contributed by atoms with Crippen LogP contribution >= 0.6 is 0 Å². The van der Waals surface area contributed by atoms with Gasteiger partial charge in [-0.2, -0.15) is 0 Å². The molecule has 2 fully saturated rings. The van der Waals surface area contributed by atoms with Crippen LogP contribution in [0.1, 0.15) is 29.6 Å². The molecule has 1 saturated carbocycles. The van der Waals surface area contributed by atoms with Crippen LogP contribution < -0.4 is 9.64 Å². The molecule has 0 spiro atoms. The molecule has 1 aromatic heterocycles. The lowest BCUT2D eigenvalue weighted by Crippen LogP contribution is -2.45. The molecule has 192 valence electrons.